The summed E-state index contributed by atoms with van der Waals surface area (Å²) in [6.45, 7) is 19.2. The number of nitrogens with zero attached hydrogens (tertiary/aromatic N) is 3. The van der Waals surface area contributed by atoms with Crippen molar-refractivity contribution in [3.63, 3.8) is 0 Å². The van der Waals surface area contributed by atoms with E-state index in [-0.39, 0.29) is 51.2 Å². The Morgan fingerprint density at radius 1 is 1.02 bits per heavy atom. The summed E-state index contributed by atoms with van der Waals surface area (Å²) in [6.07, 6.45) is 10.9. The summed E-state index contributed by atoms with van der Waals surface area (Å²) in [7, 11) is 3.65. The molecule has 1 aromatic rings. The second-order valence-electron chi connectivity index (χ2n) is 19.1. The first kappa shape index (κ1) is 38.0. The Balaban J connectivity index is 1.33. The maximum atomic E-state index is 13.5. The molecule has 3 heterocycles. The summed E-state index contributed by atoms with van der Waals surface area (Å²) in [4.78, 5) is 31.3. The van der Waals surface area contributed by atoms with Crippen molar-refractivity contribution in [2.45, 2.75) is 118 Å². The van der Waals surface area contributed by atoms with Gasteiger partial charge in [0.1, 0.15) is 6.33 Å². The lowest BCUT2D eigenvalue weighted by Gasteiger charge is -2.71. The van der Waals surface area contributed by atoms with E-state index < -0.39 is 17.3 Å². The normalized spacial score (nSPS) is 43.0. The van der Waals surface area contributed by atoms with Crippen LogP contribution in [0.15, 0.2) is 18.0 Å². The van der Waals surface area contributed by atoms with Crippen LogP contribution in [-0.2, 0) is 19.0 Å². The van der Waals surface area contributed by atoms with Crippen molar-refractivity contribution in [1.82, 2.24) is 25.4 Å². The molecule has 3 N–H and O–H groups in total. The zero-order valence-corrected chi connectivity index (χ0v) is 33.2. The highest BCUT2D eigenvalue weighted by Crippen LogP contribution is 2.75. The molecule has 11 atom stereocenters. The summed E-state index contributed by atoms with van der Waals surface area (Å²) >= 11 is 0. The van der Waals surface area contributed by atoms with E-state index in [2.05, 4.69) is 70.2 Å². The van der Waals surface area contributed by atoms with Gasteiger partial charge in [0.25, 0.3) is 5.91 Å². The molecule has 5 fully saturated rings. The number of nitrogens with one attached hydrogen (secondary N) is 2. The van der Waals surface area contributed by atoms with Crippen LogP contribution < -0.4 is 10.6 Å². The zero-order valence-electron chi connectivity index (χ0n) is 33.2. The van der Waals surface area contributed by atoms with E-state index in [4.69, 9.17) is 19.3 Å². The molecule has 6 aliphatic rings. The molecule has 290 valence electrons. The Hall–Kier alpha value is -2.34. The lowest BCUT2D eigenvalue weighted by atomic mass is 9.34. The number of carboxylic acid groups (broad SMARTS) is 1. The van der Waals surface area contributed by atoms with Crippen LogP contribution >= 0.6 is 0 Å². The number of carboxylic acids is 1. The molecule has 0 spiro atoms. The van der Waals surface area contributed by atoms with E-state index in [0.29, 0.717) is 56.6 Å². The molecule has 1 aromatic heterocycles. The van der Waals surface area contributed by atoms with Gasteiger partial charge in [0.15, 0.2) is 0 Å². The molecule has 2 saturated heterocycles. The quantitative estimate of drug-likeness (QED) is 0.265. The van der Waals surface area contributed by atoms with Crippen molar-refractivity contribution >= 4 is 11.9 Å². The molecule has 0 radical (unpaired) electrons. The van der Waals surface area contributed by atoms with Crippen LogP contribution in [0.1, 0.15) is 116 Å². The maximum Gasteiger partial charge on any atom is 0.307 e. The van der Waals surface area contributed by atoms with Crippen molar-refractivity contribution < 1.29 is 28.9 Å². The van der Waals surface area contributed by atoms with Gasteiger partial charge in [-0.25, -0.2) is 9.67 Å². The van der Waals surface area contributed by atoms with Crippen LogP contribution in [0.2, 0.25) is 0 Å². The van der Waals surface area contributed by atoms with Crippen molar-refractivity contribution in [2.75, 3.05) is 47.1 Å². The average molecular weight is 724 g/mol. The smallest absolute Gasteiger partial charge is 0.307 e. The largest absolute Gasteiger partial charge is 0.481 e. The number of aromatic nitrogens is 3. The Morgan fingerprint density at radius 2 is 1.75 bits per heavy atom. The fraction of sp³-hybridized carbons (Fsp3) is 0.854. The molecule has 7 rings (SSSR count). The van der Waals surface area contributed by atoms with Gasteiger partial charge in [0.05, 0.1) is 37.9 Å². The maximum absolute atomic E-state index is 13.5. The zero-order chi connectivity index (χ0) is 37.5. The molecule has 11 heteroatoms. The number of fused-ring (bicyclic) bond motifs is 3. The first-order valence-electron chi connectivity index (χ1n) is 20.1. The Morgan fingerprint density at radius 3 is 2.40 bits per heavy atom. The number of aliphatic carboxylic acids is 1. The van der Waals surface area contributed by atoms with E-state index in [1.54, 1.807) is 7.05 Å². The number of likely N-dealkylation sites (N-methyl/N-ethyl adjacent to an activating group) is 1. The van der Waals surface area contributed by atoms with Gasteiger partial charge in [-0.3, -0.25) is 9.59 Å². The Bertz CT molecular complexity index is 1570. The van der Waals surface area contributed by atoms with E-state index in [1.807, 2.05) is 11.7 Å². The summed E-state index contributed by atoms with van der Waals surface area (Å²) < 4.78 is 21.6. The van der Waals surface area contributed by atoms with E-state index in [0.717, 1.165) is 51.4 Å². The number of hydrogen-bond acceptors (Lipinski definition) is 8. The van der Waals surface area contributed by atoms with Crippen molar-refractivity contribution in [3.05, 3.63) is 23.8 Å². The highest BCUT2D eigenvalue weighted by atomic mass is 16.5. The number of hydrogen-bond donors (Lipinski definition) is 3. The van der Waals surface area contributed by atoms with Crippen LogP contribution in [0.4, 0.5) is 0 Å². The standard InChI is InChI=1S/C41H65N5O6/c1-25(2)26(3)36(4)14-15-38(6)27-10-11-30-37(5)21-51-23-41(30,28(27)12-13-39(38,7)31(36)35(48)49)20-29(46-33(34(47)42-8)44-24-45-46)32(37)52-22-40(43-9)16-18-50-19-17-40/h12,24-27,29-32,43H,10-11,13-23H2,1-9H3,(H,42,47)(H,48,49)/t26-,27+,29-,30+,31-,32+,36-,37-,38-,39+,41+/m1/s1. The minimum Gasteiger partial charge on any atom is -0.481 e. The topological polar surface area (TPSA) is 137 Å². The molecule has 52 heavy (non-hydrogen) atoms. The summed E-state index contributed by atoms with van der Waals surface area (Å²) in [5.41, 5.74) is -0.255. The van der Waals surface area contributed by atoms with Crippen molar-refractivity contribution in [2.24, 2.45) is 56.7 Å². The fourth-order valence-electron chi connectivity index (χ4n) is 13.4. The van der Waals surface area contributed by atoms with Crippen LogP contribution in [0, 0.1) is 56.7 Å². The van der Waals surface area contributed by atoms with Gasteiger partial charge in [0.2, 0.25) is 5.82 Å². The molecule has 1 amide bonds. The average Bonchev–Trinajstić information content (AvgIpc) is 3.61. The van der Waals surface area contributed by atoms with E-state index in [9.17, 15) is 14.7 Å². The number of carbonyl (C=O) groups is 2. The second kappa shape index (κ2) is 13.2. The van der Waals surface area contributed by atoms with Gasteiger partial charge >= 0.3 is 5.97 Å². The Labute approximate surface area is 310 Å². The molecule has 0 aromatic carbocycles. The second-order valence-corrected chi connectivity index (χ2v) is 19.1. The third-order valence-corrected chi connectivity index (χ3v) is 16.9. The van der Waals surface area contributed by atoms with Crippen LogP contribution in [-0.4, -0.2) is 90.5 Å². The van der Waals surface area contributed by atoms with Gasteiger partial charge in [-0.1, -0.05) is 60.1 Å². The molecule has 2 aliphatic heterocycles. The molecular weight excluding hydrogens is 658 g/mol. The number of rotatable bonds is 9. The van der Waals surface area contributed by atoms with Gasteiger partial charge in [-0.05, 0) is 98.3 Å². The molecule has 4 aliphatic carbocycles. The third-order valence-electron chi connectivity index (χ3n) is 16.9. The predicted octanol–water partition coefficient (Wildman–Crippen LogP) is 5.92. The molecule has 0 unspecified atom stereocenters. The molecular formula is C41H65N5O6. The molecule has 2 bridgehead atoms. The first-order valence-corrected chi connectivity index (χ1v) is 20.1. The minimum atomic E-state index is -0.643. The van der Waals surface area contributed by atoms with E-state index >= 15 is 0 Å². The third kappa shape index (κ3) is 5.24. The lowest BCUT2D eigenvalue weighted by molar-refractivity contribution is -0.253. The van der Waals surface area contributed by atoms with E-state index in [1.165, 1.54) is 11.9 Å². The Kier molecular flexibility index (Phi) is 9.60. The lowest BCUT2D eigenvalue weighted by Crippen LogP contribution is -2.69. The number of carbonyl (C=O) groups excluding carboxylic acids is 1. The minimum absolute atomic E-state index is 0.185. The highest BCUT2D eigenvalue weighted by molar-refractivity contribution is 5.90. The van der Waals surface area contributed by atoms with Crippen molar-refractivity contribution in [1.29, 1.82) is 0 Å². The highest BCUT2D eigenvalue weighted by Gasteiger charge is 2.72. The van der Waals surface area contributed by atoms with Crippen LogP contribution in [0.3, 0.4) is 0 Å². The number of amides is 1. The van der Waals surface area contributed by atoms with Gasteiger partial charge in [-0.2, -0.15) is 5.10 Å². The SMILES string of the molecule is CNC(=O)c1ncnn1[C@@H]1C[C@@]23COC[C@](C)([C@@H]2CC[C@H]2C3=CC[C@@]3(C)[C@H](C(=O)O)[C@@](C)([C@H](C)C(C)C)CC[C@]23C)[C@H]1OCC1(NC)CCOCC1. The summed E-state index contributed by atoms with van der Waals surface area (Å²) in [6, 6.07) is -0.247. The van der Waals surface area contributed by atoms with Crippen LogP contribution in [0.5, 0.6) is 0 Å². The van der Waals surface area contributed by atoms with Gasteiger partial charge < -0.3 is 30.0 Å². The van der Waals surface area contributed by atoms with Crippen molar-refractivity contribution in [3.8, 4) is 0 Å². The molecule has 3 saturated carbocycles. The summed E-state index contributed by atoms with van der Waals surface area (Å²) in [5, 5.41) is 22.2. The molecule has 11 nitrogen and oxygen atoms in total. The monoisotopic (exact) mass is 723 g/mol. The fourth-order valence-corrected chi connectivity index (χ4v) is 13.4. The summed E-state index contributed by atoms with van der Waals surface area (Å²) in [5.74, 6) is 0.200. The van der Waals surface area contributed by atoms with Crippen LogP contribution in [0.25, 0.3) is 0 Å². The van der Waals surface area contributed by atoms with Gasteiger partial charge in [-0.15, -0.1) is 0 Å². The van der Waals surface area contributed by atoms with Gasteiger partial charge in [0, 0.05) is 36.6 Å². The first-order chi connectivity index (χ1) is 24.6. The number of allylic oxidation sites excluding steroid dienone is 1. The number of ether oxygens (including phenoxy) is 3. The predicted molar refractivity (Wildman–Crippen MR) is 198 cm³/mol.